The summed E-state index contributed by atoms with van der Waals surface area (Å²) in [6.45, 7) is 4.55. The van der Waals surface area contributed by atoms with Crippen LogP contribution in [0.4, 0.5) is 0 Å². The van der Waals surface area contributed by atoms with Crippen LogP contribution in [0.2, 0.25) is 0 Å². The lowest BCUT2D eigenvalue weighted by Crippen LogP contribution is -2.45. The lowest BCUT2D eigenvalue weighted by atomic mass is 9.95. The lowest BCUT2D eigenvalue weighted by molar-refractivity contribution is -0.0184. The Kier molecular flexibility index (Phi) is 3.87. The molecule has 0 bridgehead atoms. The number of rotatable bonds is 3. The van der Waals surface area contributed by atoms with Gasteiger partial charge >= 0.3 is 0 Å². The molecule has 3 rings (SSSR count). The summed E-state index contributed by atoms with van der Waals surface area (Å²) in [5.41, 5.74) is 1.73. The number of aliphatic hydroxyl groups is 1. The highest BCUT2D eigenvalue weighted by Gasteiger charge is 2.28. The van der Waals surface area contributed by atoms with E-state index >= 15 is 0 Å². The van der Waals surface area contributed by atoms with Gasteiger partial charge in [-0.25, -0.2) is 4.98 Å². The molecular weight excluding hydrogens is 268 g/mol. The van der Waals surface area contributed by atoms with E-state index in [4.69, 9.17) is 4.98 Å². The molecule has 1 fully saturated rings. The Balaban J connectivity index is 1.69. The zero-order valence-electron chi connectivity index (χ0n) is 11.7. The summed E-state index contributed by atoms with van der Waals surface area (Å²) < 4.78 is 0. The molecule has 20 heavy (non-hydrogen) atoms. The first-order valence-corrected chi connectivity index (χ1v) is 7.95. The van der Waals surface area contributed by atoms with E-state index in [0.29, 0.717) is 0 Å². The maximum atomic E-state index is 10.1. The van der Waals surface area contributed by atoms with Gasteiger partial charge in [0.1, 0.15) is 5.01 Å². The zero-order chi connectivity index (χ0) is 14.0. The van der Waals surface area contributed by atoms with Gasteiger partial charge < -0.3 is 5.11 Å². The van der Waals surface area contributed by atoms with Crippen LogP contribution in [0.25, 0.3) is 10.6 Å². The molecule has 2 heterocycles. The van der Waals surface area contributed by atoms with Crippen LogP contribution >= 0.6 is 11.3 Å². The first-order valence-electron chi connectivity index (χ1n) is 7.07. The Bertz CT molecular complexity index is 565. The molecular formula is C16H20N2OS. The number of thiazole rings is 1. The molecule has 3 nitrogen and oxygen atoms in total. The molecule has 2 aromatic rings. The third-order valence-corrected chi connectivity index (χ3v) is 4.65. The molecule has 4 heteroatoms. The molecule has 0 saturated carbocycles. The van der Waals surface area contributed by atoms with E-state index in [1.54, 1.807) is 11.3 Å². The Hall–Kier alpha value is -1.23. The predicted molar refractivity (Wildman–Crippen MR) is 82.7 cm³/mol. The minimum atomic E-state index is -0.545. The van der Waals surface area contributed by atoms with Crippen molar-refractivity contribution in [3.8, 4) is 10.6 Å². The minimum absolute atomic E-state index is 0.545. The van der Waals surface area contributed by atoms with Crippen LogP contribution in [0.3, 0.4) is 0 Å². The van der Waals surface area contributed by atoms with Crippen molar-refractivity contribution in [2.75, 3.05) is 13.1 Å². The maximum Gasteiger partial charge on any atom is 0.123 e. The highest BCUT2D eigenvalue weighted by Crippen LogP contribution is 2.26. The normalized spacial score (nSPS) is 23.9. The van der Waals surface area contributed by atoms with Crippen LogP contribution in [-0.4, -0.2) is 33.7 Å². The van der Waals surface area contributed by atoms with Gasteiger partial charge in [0.25, 0.3) is 0 Å². The van der Waals surface area contributed by atoms with Crippen LogP contribution in [-0.2, 0) is 6.54 Å². The third kappa shape index (κ3) is 3.26. The van der Waals surface area contributed by atoms with Gasteiger partial charge in [0.2, 0.25) is 0 Å². The molecule has 1 aliphatic heterocycles. The molecule has 0 radical (unpaired) electrons. The van der Waals surface area contributed by atoms with Gasteiger partial charge in [0.15, 0.2) is 0 Å². The van der Waals surface area contributed by atoms with Crippen molar-refractivity contribution in [3.63, 3.8) is 0 Å². The topological polar surface area (TPSA) is 36.4 Å². The molecule has 1 aromatic heterocycles. The van der Waals surface area contributed by atoms with Crippen LogP contribution in [0.5, 0.6) is 0 Å². The van der Waals surface area contributed by atoms with Gasteiger partial charge in [-0.3, -0.25) is 4.90 Å². The number of benzene rings is 1. The summed E-state index contributed by atoms with van der Waals surface area (Å²) >= 11 is 1.69. The molecule has 1 N–H and O–H groups in total. The quantitative estimate of drug-likeness (QED) is 0.942. The molecule has 0 aliphatic carbocycles. The Morgan fingerprint density at radius 1 is 1.35 bits per heavy atom. The standard InChI is InChI=1S/C16H20N2OS/c1-16(19)8-5-9-18(12-16)10-14-11-20-15(17-14)13-6-3-2-4-7-13/h2-4,6-7,11,19H,5,8-10,12H2,1H3. The summed E-state index contributed by atoms with van der Waals surface area (Å²) in [7, 11) is 0. The maximum absolute atomic E-state index is 10.1. The van der Waals surface area contributed by atoms with Crippen molar-refractivity contribution in [1.82, 2.24) is 9.88 Å². The van der Waals surface area contributed by atoms with Crippen molar-refractivity contribution in [3.05, 3.63) is 41.4 Å². The summed E-state index contributed by atoms with van der Waals surface area (Å²) in [5.74, 6) is 0. The van der Waals surface area contributed by atoms with Crippen LogP contribution < -0.4 is 0 Å². The van der Waals surface area contributed by atoms with Gasteiger partial charge in [0, 0.05) is 24.0 Å². The van der Waals surface area contributed by atoms with Crippen molar-refractivity contribution in [1.29, 1.82) is 0 Å². The lowest BCUT2D eigenvalue weighted by Gasteiger charge is -2.36. The van der Waals surface area contributed by atoms with E-state index in [9.17, 15) is 5.11 Å². The van der Waals surface area contributed by atoms with Crippen LogP contribution in [0.1, 0.15) is 25.5 Å². The number of hydrogen-bond acceptors (Lipinski definition) is 4. The van der Waals surface area contributed by atoms with Gasteiger partial charge in [0.05, 0.1) is 11.3 Å². The van der Waals surface area contributed by atoms with E-state index in [2.05, 4.69) is 22.4 Å². The fraction of sp³-hybridized carbons (Fsp3) is 0.438. The highest BCUT2D eigenvalue weighted by molar-refractivity contribution is 7.13. The molecule has 1 aromatic carbocycles. The monoisotopic (exact) mass is 288 g/mol. The van der Waals surface area contributed by atoms with Crippen LogP contribution in [0, 0.1) is 0 Å². The molecule has 1 aliphatic rings. The van der Waals surface area contributed by atoms with Gasteiger partial charge in [-0.05, 0) is 26.3 Å². The summed E-state index contributed by atoms with van der Waals surface area (Å²) in [4.78, 5) is 7.02. The van der Waals surface area contributed by atoms with Crippen molar-refractivity contribution in [2.24, 2.45) is 0 Å². The van der Waals surface area contributed by atoms with Gasteiger partial charge in [-0.2, -0.15) is 0 Å². The van der Waals surface area contributed by atoms with E-state index in [1.165, 1.54) is 5.56 Å². The number of aromatic nitrogens is 1. The highest BCUT2D eigenvalue weighted by atomic mass is 32.1. The van der Waals surface area contributed by atoms with E-state index in [0.717, 1.165) is 43.2 Å². The van der Waals surface area contributed by atoms with Gasteiger partial charge in [-0.15, -0.1) is 11.3 Å². The average molecular weight is 288 g/mol. The second-order valence-corrected chi connectivity index (χ2v) is 6.68. The number of hydrogen-bond donors (Lipinski definition) is 1. The number of likely N-dealkylation sites (tertiary alicyclic amines) is 1. The second kappa shape index (κ2) is 5.64. The molecule has 1 saturated heterocycles. The second-order valence-electron chi connectivity index (χ2n) is 5.82. The largest absolute Gasteiger partial charge is 0.389 e. The minimum Gasteiger partial charge on any atom is -0.389 e. The fourth-order valence-electron chi connectivity index (χ4n) is 2.78. The molecule has 106 valence electrons. The zero-order valence-corrected chi connectivity index (χ0v) is 12.6. The van der Waals surface area contributed by atoms with E-state index in [1.807, 2.05) is 25.1 Å². The summed E-state index contributed by atoms with van der Waals surface area (Å²) in [6.07, 6.45) is 1.96. The van der Waals surface area contributed by atoms with E-state index < -0.39 is 5.60 Å². The molecule has 0 amide bonds. The number of nitrogens with zero attached hydrogens (tertiary/aromatic N) is 2. The van der Waals surface area contributed by atoms with Crippen LogP contribution in [0.15, 0.2) is 35.7 Å². The van der Waals surface area contributed by atoms with E-state index in [-0.39, 0.29) is 0 Å². The predicted octanol–water partition coefficient (Wildman–Crippen LogP) is 3.16. The molecule has 1 unspecified atom stereocenters. The molecule has 0 spiro atoms. The fourth-order valence-corrected chi connectivity index (χ4v) is 3.60. The van der Waals surface area contributed by atoms with Crippen molar-refractivity contribution in [2.45, 2.75) is 31.9 Å². The first kappa shape index (κ1) is 13.7. The smallest absolute Gasteiger partial charge is 0.123 e. The number of β-amino-alcohol motifs (C(OH)–C–C–N with tert-alkyl or cyclic N) is 1. The Labute approximate surface area is 123 Å². The first-order chi connectivity index (χ1) is 9.62. The summed E-state index contributed by atoms with van der Waals surface area (Å²) in [6, 6.07) is 10.3. The van der Waals surface area contributed by atoms with Crippen molar-refractivity contribution >= 4 is 11.3 Å². The van der Waals surface area contributed by atoms with Crippen molar-refractivity contribution < 1.29 is 5.11 Å². The Morgan fingerprint density at radius 2 is 2.15 bits per heavy atom. The number of piperidine rings is 1. The molecule has 1 atom stereocenters. The SMILES string of the molecule is CC1(O)CCCN(Cc2csc(-c3ccccc3)n2)C1. The Morgan fingerprint density at radius 3 is 2.90 bits per heavy atom. The third-order valence-electron chi connectivity index (χ3n) is 3.71. The average Bonchev–Trinajstić information content (AvgIpc) is 2.87. The van der Waals surface area contributed by atoms with Gasteiger partial charge in [-0.1, -0.05) is 30.3 Å². The summed E-state index contributed by atoms with van der Waals surface area (Å²) in [5, 5.41) is 13.4.